The van der Waals surface area contributed by atoms with E-state index in [9.17, 15) is 14.9 Å². The van der Waals surface area contributed by atoms with E-state index in [0.717, 1.165) is 11.1 Å². The molecule has 0 aromatic heterocycles. The topological polar surface area (TPSA) is 110 Å². The highest BCUT2D eigenvalue weighted by molar-refractivity contribution is 6.32. The number of ether oxygens (including phenoxy) is 3. The molecular weight excluding hydrogens is 494 g/mol. The van der Waals surface area contributed by atoms with Gasteiger partial charge in [-0.3, -0.25) is 9.59 Å². The third-order valence-corrected chi connectivity index (χ3v) is 5.56. The third-order valence-electron chi connectivity index (χ3n) is 5.28. The van der Waals surface area contributed by atoms with Crippen molar-refractivity contribution in [2.45, 2.75) is 13.8 Å². The van der Waals surface area contributed by atoms with Crippen molar-refractivity contribution in [2.24, 2.45) is 0 Å². The molecule has 0 saturated heterocycles. The molecule has 0 unspecified atom stereocenters. The molecule has 0 fully saturated rings. The second kappa shape index (κ2) is 12.5. The van der Waals surface area contributed by atoms with Crippen molar-refractivity contribution in [2.75, 3.05) is 31.5 Å². The number of amides is 2. The molecule has 0 bridgehead atoms. The van der Waals surface area contributed by atoms with Crippen LogP contribution in [0.3, 0.4) is 0 Å². The highest BCUT2D eigenvalue weighted by Gasteiger charge is 2.16. The average Bonchev–Trinajstić information content (AvgIpc) is 2.88. The number of methoxy groups -OCH3 is 2. The maximum atomic E-state index is 12.7. The van der Waals surface area contributed by atoms with Crippen LogP contribution in [0.5, 0.6) is 17.2 Å². The number of benzene rings is 3. The molecule has 2 N–H and O–H groups in total. The Balaban J connectivity index is 1.73. The highest BCUT2D eigenvalue weighted by Crippen LogP contribution is 2.37. The van der Waals surface area contributed by atoms with Crippen LogP contribution in [-0.4, -0.2) is 32.6 Å². The zero-order valence-electron chi connectivity index (χ0n) is 20.8. The summed E-state index contributed by atoms with van der Waals surface area (Å²) in [7, 11) is 2.98. The molecule has 3 aromatic carbocycles. The molecule has 9 heteroatoms. The molecule has 8 nitrogen and oxygen atoms in total. The lowest BCUT2D eigenvalue weighted by atomic mass is 10.1. The number of carbonyl (C=O) groups excluding carboxylic acids is 2. The van der Waals surface area contributed by atoms with Crippen molar-refractivity contribution in [3.05, 3.63) is 81.9 Å². The number of anilines is 2. The first kappa shape index (κ1) is 27.1. The number of nitrogens with one attached hydrogen (secondary N) is 2. The molecule has 0 aliphatic heterocycles. The SMILES string of the molecule is COc1ccc(NC(=O)COc2c(Cl)cc(/C=C(\C#N)C(=O)Nc3ccc(C)cc3C)cc2OC)cc1. The second-order valence-electron chi connectivity index (χ2n) is 8.04. The lowest BCUT2D eigenvalue weighted by Gasteiger charge is -2.14. The Morgan fingerprint density at radius 1 is 1.00 bits per heavy atom. The van der Waals surface area contributed by atoms with E-state index in [4.69, 9.17) is 25.8 Å². The third kappa shape index (κ3) is 7.26. The smallest absolute Gasteiger partial charge is 0.266 e. The van der Waals surface area contributed by atoms with Gasteiger partial charge in [-0.1, -0.05) is 29.3 Å². The first-order valence-corrected chi connectivity index (χ1v) is 11.6. The van der Waals surface area contributed by atoms with Crippen LogP contribution in [0.2, 0.25) is 5.02 Å². The Labute approximate surface area is 220 Å². The molecule has 0 aliphatic rings. The van der Waals surface area contributed by atoms with Crippen molar-refractivity contribution >= 4 is 40.9 Å². The quantitative estimate of drug-likeness (QED) is 0.284. The summed E-state index contributed by atoms with van der Waals surface area (Å²) in [6.45, 7) is 3.51. The Morgan fingerprint density at radius 2 is 1.73 bits per heavy atom. The normalized spacial score (nSPS) is 10.8. The summed E-state index contributed by atoms with van der Waals surface area (Å²) in [4.78, 5) is 25.0. The molecule has 3 rings (SSSR count). The monoisotopic (exact) mass is 519 g/mol. The average molecular weight is 520 g/mol. The molecule has 0 heterocycles. The lowest BCUT2D eigenvalue weighted by molar-refractivity contribution is -0.118. The second-order valence-corrected chi connectivity index (χ2v) is 8.45. The summed E-state index contributed by atoms with van der Waals surface area (Å²) in [5.41, 5.74) is 3.47. The standard InChI is InChI=1S/C28H26ClN3O5/c1-17-5-10-24(18(2)11-17)32-28(34)20(15-30)12-19-13-23(29)27(25(14-19)36-4)37-16-26(33)31-21-6-8-22(35-3)9-7-21/h5-14H,16H2,1-4H3,(H,31,33)(H,32,34)/b20-12+. The Kier molecular flexibility index (Phi) is 9.14. The summed E-state index contributed by atoms with van der Waals surface area (Å²) in [6.07, 6.45) is 1.40. The minimum Gasteiger partial charge on any atom is -0.497 e. The van der Waals surface area contributed by atoms with Gasteiger partial charge in [-0.25, -0.2) is 0 Å². The number of nitriles is 1. The van der Waals surface area contributed by atoms with Crippen molar-refractivity contribution in [3.8, 4) is 23.3 Å². The molecule has 0 radical (unpaired) electrons. The number of nitrogens with zero attached hydrogens (tertiary/aromatic N) is 1. The van der Waals surface area contributed by atoms with E-state index in [1.807, 2.05) is 32.0 Å². The number of hydrogen-bond acceptors (Lipinski definition) is 6. The number of aryl methyl sites for hydroxylation is 2. The van der Waals surface area contributed by atoms with Gasteiger partial charge in [-0.15, -0.1) is 0 Å². The molecular formula is C28H26ClN3O5. The van der Waals surface area contributed by atoms with E-state index < -0.39 is 11.8 Å². The van der Waals surface area contributed by atoms with Crippen molar-refractivity contribution in [1.82, 2.24) is 0 Å². The number of halogens is 1. The van der Waals surface area contributed by atoms with Crippen molar-refractivity contribution < 1.29 is 23.8 Å². The summed E-state index contributed by atoms with van der Waals surface area (Å²) in [5.74, 6) is 0.108. The summed E-state index contributed by atoms with van der Waals surface area (Å²) in [6, 6.07) is 17.4. The van der Waals surface area contributed by atoms with Crippen LogP contribution in [0.4, 0.5) is 11.4 Å². The van der Waals surface area contributed by atoms with Crippen molar-refractivity contribution in [3.63, 3.8) is 0 Å². The molecule has 2 amide bonds. The number of hydrogen-bond donors (Lipinski definition) is 2. The van der Waals surface area contributed by atoms with Gasteiger partial charge in [0.25, 0.3) is 11.8 Å². The zero-order chi connectivity index (χ0) is 26.9. The van der Waals surface area contributed by atoms with Gasteiger partial charge in [0, 0.05) is 11.4 Å². The van der Waals surface area contributed by atoms with Gasteiger partial charge in [-0.2, -0.15) is 5.26 Å². The predicted octanol–water partition coefficient (Wildman–Crippen LogP) is 5.54. The molecule has 0 atom stereocenters. The van der Waals surface area contributed by atoms with Crippen LogP contribution >= 0.6 is 11.6 Å². The van der Waals surface area contributed by atoms with Crippen LogP contribution in [0.1, 0.15) is 16.7 Å². The van der Waals surface area contributed by atoms with Gasteiger partial charge in [0.1, 0.15) is 17.4 Å². The van der Waals surface area contributed by atoms with E-state index in [0.29, 0.717) is 22.7 Å². The van der Waals surface area contributed by atoms with Gasteiger partial charge < -0.3 is 24.8 Å². The number of carbonyl (C=O) groups is 2. The molecule has 37 heavy (non-hydrogen) atoms. The lowest BCUT2D eigenvalue weighted by Crippen LogP contribution is -2.20. The Hall–Kier alpha value is -4.48. The molecule has 0 aliphatic carbocycles. The maximum Gasteiger partial charge on any atom is 0.266 e. The van der Waals surface area contributed by atoms with Crippen LogP contribution in [0.15, 0.2) is 60.2 Å². The van der Waals surface area contributed by atoms with Gasteiger partial charge in [0.05, 0.1) is 19.2 Å². The fraction of sp³-hybridized carbons (Fsp3) is 0.179. The minimum atomic E-state index is -0.555. The van der Waals surface area contributed by atoms with Gasteiger partial charge >= 0.3 is 0 Å². The summed E-state index contributed by atoms with van der Waals surface area (Å²) < 4.78 is 16.1. The molecule has 3 aromatic rings. The van der Waals surface area contributed by atoms with E-state index in [1.54, 1.807) is 43.5 Å². The van der Waals surface area contributed by atoms with E-state index in [-0.39, 0.29) is 28.7 Å². The fourth-order valence-corrected chi connectivity index (χ4v) is 3.70. The predicted molar refractivity (Wildman–Crippen MR) is 143 cm³/mol. The highest BCUT2D eigenvalue weighted by atomic mass is 35.5. The van der Waals surface area contributed by atoms with Crippen LogP contribution in [-0.2, 0) is 9.59 Å². The Morgan fingerprint density at radius 3 is 2.35 bits per heavy atom. The maximum absolute atomic E-state index is 12.7. The molecule has 190 valence electrons. The van der Waals surface area contributed by atoms with E-state index in [1.165, 1.54) is 19.3 Å². The fourth-order valence-electron chi connectivity index (χ4n) is 3.43. The molecule has 0 saturated carbocycles. The van der Waals surface area contributed by atoms with Crippen LogP contribution in [0, 0.1) is 25.2 Å². The van der Waals surface area contributed by atoms with E-state index >= 15 is 0 Å². The Bertz CT molecular complexity index is 1380. The number of rotatable bonds is 9. The van der Waals surface area contributed by atoms with Gasteiger partial charge in [-0.05, 0) is 73.5 Å². The zero-order valence-corrected chi connectivity index (χ0v) is 21.6. The largest absolute Gasteiger partial charge is 0.497 e. The summed E-state index contributed by atoms with van der Waals surface area (Å²) >= 11 is 6.40. The van der Waals surface area contributed by atoms with Crippen LogP contribution in [0.25, 0.3) is 6.08 Å². The first-order valence-electron chi connectivity index (χ1n) is 11.2. The van der Waals surface area contributed by atoms with Crippen LogP contribution < -0.4 is 24.8 Å². The summed E-state index contributed by atoms with van der Waals surface area (Å²) in [5, 5.41) is 15.2. The minimum absolute atomic E-state index is 0.120. The first-order chi connectivity index (χ1) is 17.7. The van der Waals surface area contributed by atoms with Crippen molar-refractivity contribution in [1.29, 1.82) is 5.26 Å². The van der Waals surface area contributed by atoms with E-state index in [2.05, 4.69) is 10.6 Å². The van der Waals surface area contributed by atoms with Gasteiger partial charge in [0.15, 0.2) is 18.1 Å². The van der Waals surface area contributed by atoms with Gasteiger partial charge in [0.2, 0.25) is 0 Å². The molecule has 0 spiro atoms.